The Hall–Kier alpha value is -1.33. The van der Waals surface area contributed by atoms with Crippen LogP contribution in [0.2, 0.25) is 0 Å². The largest absolute Gasteiger partial charge is 0.494 e. The van der Waals surface area contributed by atoms with Crippen LogP contribution in [0.15, 0.2) is 18.2 Å². The molecule has 0 aromatic heterocycles. The van der Waals surface area contributed by atoms with E-state index >= 15 is 0 Å². The van der Waals surface area contributed by atoms with E-state index in [9.17, 15) is 9.18 Å². The molecule has 118 valence electrons. The number of methoxy groups -OCH3 is 1. The summed E-state index contributed by atoms with van der Waals surface area (Å²) in [6.07, 6.45) is 2.20. The highest BCUT2D eigenvalue weighted by molar-refractivity contribution is 5.94. The molecule has 0 spiro atoms. The molecule has 0 saturated carbocycles. The summed E-state index contributed by atoms with van der Waals surface area (Å²) in [5.41, 5.74) is 0.384. The zero-order chi connectivity index (χ0) is 14.6. The van der Waals surface area contributed by atoms with E-state index in [-0.39, 0.29) is 29.5 Å². The van der Waals surface area contributed by atoms with Crippen LogP contribution in [-0.4, -0.2) is 32.7 Å². The minimum absolute atomic E-state index is 0. The molecule has 6 heteroatoms. The Kier molecular flexibility index (Phi) is 6.42. The molecular weight excluding hydrogens is 295 g/mol. The Bertz CT molecular complexity index is 491. The summed E-state index contributed by atoms with van der Waals surface area (Å²) in [6, 6.07) is 4.24. The van der Waals surface area contributed by atoms with Crippen molar-refractivity contribution in [2.45, 2.75) is 19.8 Å². The summed E-state index contributed by atoms with van der Waals surface area (Å²) in [5, 5.41) is 6.22. The van der Waals surface area contributed by atoms with Gasteiger partial charge in [0.05, 0.1) is 7.11 Å². The molecule has 1 aliphatic rings. The van der Waals surface area contributed by atoms with Crippen LogP contribution in [0.25, 0.3) is 0 Å². The van der Waals surface area contributed by atoms with Crippen molar-refractivity contribution in [3.8, 4) is 5.75 Å². The lowest BCUT2D eigenvalue weighted by Crippen LogP contribution is -2.45. The van der Waals surface area contributed by atoms with Crippen LogP contribution in [0.1, 0.15) is 30.1 Å². The molecule has 0 bridgehead atoms. The van der Waals surface area contributed by atoms with Crippen molar-refractivity contribution in [3.63, 3.8) is 0 Å². The molecular formula is C15H22ClFN2O2. The molecule has 1 aromatic carbocycles. The van der Waals surface area contributed by atoms with Crippen molar-refractivity contribution in [2.24, 2.45) is 5.41 Å². The Labute approximate surface area is 130 Å². The molecule has 0 radical (unpaired) electrons. The van der Waals surface area contributed by atoms with Crippen molar-refractivity contribution in [3.05, 3.63) is 29.6 Å². The number of piperidine rings is 1. The third-order valence-electron chi connectivity index (χ3n) is 3.78. The molecule has 1 fully saturated rings. The minimum Gasteiger partial charge on any atom is -0.494 e. The van der Waals surface area contributed by atoms with Gasteiger partial charge in [0.15, 0.2) is 11.6 Å². The van der Waals surface area contributed by atoms with Gasteiger partial charge in [-0.2, -0.15) is 0 Å². The molecule has 1 atom stereocenters. The van der Waals surface area contributed by atoms with Gasteiger partial charge < -0.3 is 15.4 Å². The van der Waals surface area contributed by atoms with E-state index < -0.39 is 5.82 Å². The third-order valence-corrected chi connectivity index (χ3v) is 3.78. The second-order valence-electron chi connectivity index (χ2n) is 5.62. The van der Waals surface area contributed by atoms with E-state index in [1.807, 2.05) is 0 Å². The molecule has 2 rings (SSSR count). The molecule has 1 saturated heterocycles. The van der Waals surface area contributed by atoms with Crippen LogP contribution in [0, 0.1) is 11.2 Å². The van der Waals surface area contributed by atoms with Crippen molar-refractivity contribution in [2.75, 3.05) is 26.7 Å². The van der Waals surface area contributed by atoms with Gasteiger partial charge in [-0.05, 0) is 43.0 Å². The van der Waals surface area contributed by atoms with Gasteiger partial charge in [-0.1, -0.05) is 6.92 Å². The summed E-state index contributed by atoms with van der Waals surface area (Å²) < 4.78 is 18.4. The van der Waals surface area contributed by atoms with E-state index in [1.165, 1.54) is 19.2 Å². The minimum atomic E-state index is -0.523. The highest BCUT2D eigenvalue weighted by Crippen LogP contribution is 2.24. The van der Waals surface area contributed by atoms with E-state index in [1.54, 1.807) is 6.07 Å². The van der Waals surface area contributed by atoms with E-state index in [2.05, 4.69) is 17.6 Å². The fourth-order valence-electron chi connectivity index (χ4n) is 2.47. The topological polar surface area (TPSA) is 50.4 Å². The molecule has 1 amide bonds. The summed E-state index contributed by atoms with van der Waals surface area (Å²) in [5.74, 6) is -0.631. The lowest BCUT2D eigenvalue weighted by molar-refractivity contribution is 0.0924. The molecule has 1 unspecified atom stereocenters. The van der Waals surface area contributed by atoms with Gasteiger partial charge in [0, 0.05) is 18.7 Å². The van der Waals surface area contributed by atoms with Crippen molar-refractivity contribution in [1.82, 2.24) is 10.6 Å². The monoisotopic (exact) mass is 316 g/mol. The standard InChI is InChI=1S/C15H21FN2O2.ClH/c1-15(6-3-7-17-9-15)10-18-14(19)11-4-5-13(20-2)12(16)8-11;/h4-5,8,17H,3,6-7,9-10H2,1-2H3,(H,18,19);1H. The van der Waals surface area contributed by atoms with Gasteiger partial charge >= 0.3 is 0 Å². The van der Waals surface area contributed by atoms with Crippen LogP contribution >= 0.6 is 12.4 Å². The zero-order valence-corrected chi connectivity index (χ0v) is 13.2. The molecule has 21 heavy (non-hydrogen) atoms. The lowest BCUT2D eigenvalue weighted by Gasteiger charge is -2.34. The number of rotatable bonds is 4. The maximum atomic E-state index is 13.6. The average molecular weight is 317 g/mol. The maximum absolute atomic E-state index is 13.6. The number of ether oxygens (including phenoxy) is 1. The predicted molar refractivity (Wildman–Crippen MR) is 82.7 cm³/mol. The SMILES string of the molecule is COc1ccc(C(=O)NCC2(C)CCCNC2)cc1F.Cl. The number of amides is 1. The van der Waals surface area contributed by atoms with E-state index in [4.69, 9.17) is 4.74 Å². The van der Waals surface area contributed by atoms with Crippen LogP contribution < -0.4 is 15.4 Å². The first-order valence-corrected chi connectivity index (χ1v) is 6.86. The van der Waals surface area contributed by atoms with Gasteiger partial charge in [0.1, 0.15) is 0 Å². The van der Waals surface area contributed by atoms with Crippen LogP contribution in [0.4, 0.5) is 4.39 Å². The second kappa shape index (κ2) is 7.61. The Morgan fingerprint density at radius 3 is 2.86 bits per heavy atom. The number of hydrogen-bond donors (Lipinski definition) is 2. The summed E-state index contributed by atoms with van der Waals surface area (Å²) >= 11 is 0. The molecule has 1 aromatic rings. The fourth-order valence-corrected chi connectivity index (χ4v) is 2.47. The molecule has 1 heterocycles. The van der Waals surface area contributed by atoms with Gasteiger partial charge in [-0.3, -0.25) is 4.79 Å². The van der Waals surface area contributed by atoms with E-state index in [0.717, 1.165) is 25.9 Å². The number of nitrogens with one attached hydrogen (secondary N) is 2. The number of halogens is 2. The molecule has 1 aliphatic heterocycles. The number of benzene rings is 1. The zero-order valence-electron chi connectivity index (χ0n) is 12.4. The molecule has 2 N–H and O–H groups in total. The first-order valence-electron chi connectivity index (χ1n) is 6.86. The average Bonchev–Trinajstić information content (AvgIpc) is 2.45. The number of carbonyl (C=O) groups is 1. The molecule has 4 nitrogen and oxygen atoms in total. The quantitative estimate of drug-likeness (QED) is 0.896. The Morgan fingerprint density at radius 1 is 1.52 bits per heavy atom. The summed E-state index contributed by atoms with van der Waals surface area (Å²) in [6.45, 7) is 4.66. The molecule has 0 aliphatic carbocycles. The highest BCUT2D eigenvalue weighted by Gasteiger charge is 2.27. The Balaban J connectivity index is 0.00000220. The van der Waals surface area contributed by atoms with Gasteiger partial charge in [-0.25, -0.2) is 4.39 Å². The van der Waals surface area contributed by atoms with Crippen molar-refractivity contribution < 1.29 is 13.9 Å². The highest BCUT2D eigenvalue weighted by atomic mass is 35.5. The summed E-state index contributed by atoms with van der Waals surface area (Å²) in [4.78, 5) is 12.0. The van der Waals surface area contributed by atoms with Crippen LogP contribution in [0.3, 0.4) is 0 Å². The lowest BCUT2D eigenvalue weighted by atomic mass is 9.83. The van der Waals surface area contributed by atoms with Crippen molar-refractivity contribution >= 4 is 18.3 Å². The second-order valence-corrected chi connectivity index (χ2v) is 5.62. The number of hydrogen-bond acceptors (Lipinski definition) is 3. The van der Waals surface area contributed by atoms with Gasteiger partial charge in [-0.15, -0.1) is 12.4 Å². The van der Waals surface area contributed by atoms with E-state index in [0.29, 0.717) is 12.1 Å². The smallest absolute Gasteiger partial charge is 0.251 e. The predicted octanol–water partition coefficient (Wildman–Crippen LogP) is 2.38. The van der Waals surface area contributed by atoms with Crippen LogP contribution in [-0.2, 0) is 0 Å². The van der Waals surface area contributed by atoms with Gasteiger partial charge in [0.25, 0.3) is 5.91 Å². The third kappa shape index (κ3) is 4.58. The Morgan fingerprint density at radius 2 is 2.29 bits per heavy atom. The summed E-state index contributed by atoms with van der Waals surface area (Å²) in [7, 11) is 1.40. The normalized spacial score (nSPS) is 21.3. The van der Waals surface area contributed by atoms with Crippen molar-refractivity contribution in [1.29, 1.82) is 0 Å². The maximum Gasteiger partial charge on any atom is 0.251 e. The van der Waals surface area contributed by atoms with Gasteiger partial charge in [0.2, 0.25) is 0 Å². The van der Waals surface area contributed by atoms with Crippen LogP contribution in [0.5, 0.6) is 5.75 Å². The first-order chi connectivity index (χ1) is 9.54. The number of carbonyl (C=O) groups excluding carboxylic acids is 1. The first kappa shape index (κ1) is 17.7. The fraction of sp³-hybridized carbons (Fsp3) is 0.533.